The van der Waals surface area contributed by atoms with Crippen molar-refractivity contribution in [1.82, 2.24) is 20.1 Å². The van der Waals surface area contributed by atoms with Crippen molar-refractivity contribution in [3.63, 3.8) is 0 Å². The monoisotopic (exact) mass is 645 g/mol. The molecule has 1 aliphatic heterocycles. The average molecular weight is 646 g/mol. The summed E-state index contributed by atoms with van der Waals surface area (Å²) in [6.45, 7) is -0.359. The molecule has 15 heteroatoms. The number of carbonyl (C=O) groups excluding carboxylic acids is 2. The second-order valence-electron chi connectivity index (χ2n) is 11.4. The Bertz CT molecular complexity index is 1900. The van der Waals surface area contributed by atoms with E-state index in [0.717, 1.165) is 6.07 Å². The first kappa shape index (κ1) is 30.6. The van der Waals surface area contributed by atoms with Crippen LogP contribution in [0, 0.1) is 11.6 Å². The normalized spacial score (nSPS) is 19.5. The van der Waals surface area contributed by atoms with Crippen LogP contribution in [0.2, 0.25) is 5.02 Å². The van der Waals surface area contributed by atoms with Gasteiger partial charge in [0.15, 0.2) is 0 Å². The lowest BCUT2D eigenvalue weighted by Crippen LogP contribution is -2.44. The predicted octanol–water partition coefficient (Wildman–Crippen LogP) is 3.20. The van der Waals surface area contributed by atoms with Crippen LogP contribution in [0.5, 0.6) is 11.5 Å². The lowest BCUT2D eigenvalue weighted by Gasteiger charge is -2.28. The topological polar surface area (TPSA) is 162 Å². The van der Waals surface area contributed by atoms with Gasteiger partial charge in [-0.05, 0) is 31.2 Å². The van der Waals surface area contributed by atoms with Crippen molar-refractivity contribution in [2.45, 2.75) is 36.6 Å². The third-order valence-corrected chi connectivity index (χ3v) is 8.58. The molecule has 2 aromatic carbocycles. The second kappa shape index (κ2) is 10.6. The number of nitrogens with zero attached hydrogens (tertiary/aromatic N) is 3. The highest BCUT2D eigenvalue weighted by Crippen LogP contribution is 2.47. The van der Waals surface area contributed by atoms with Crippen LogP contribution in [0.3, 0.4) is 0 Å². The fourth-order valence-electron chi connectivity index (χ4n) is 5.20. The molecule has 5 N–H and O–H groups in total. The standard InChI is InChI=1S/C30H27ClF3N5O6/c1-28(27(35)42)13-45-25-17(28)8-22(37-24(25)16-7-18(31)20(33)9-19(16)32)29(43,12-40)11-36-26(41)14-5-15-10-39(30(34)3-4-30)38-23(15)21(6-14)44-2/h5-10,40,43H,3-4,11-13H2,1-2H3,(H2,35,42)(H,36,41)/t28-,29?/m0/s1. The smallest absolute Gasteiger partial charge is 0.251 e. The maximum Gasteiger partial charge on any atom is 0.251 e. The van der Waals surface area contributed by atoms with Crippen LogP contribution in [0.4, 0.5) is 13.2 Å². The van der Waals surface area contributed by atoms with Gasteiger partial charge < -0.3 is 30.7 Å². The molecular weight excluding hydrogens is 619 g/mol. The van der Waals surface area contributed by atoms with Crippen LogP contribution in [-0.4, -0.2) is 63.7 Å². The van der Waals surface area contributed by atoms with Gasteiger partial charge in [0, 0.05) is 47.2 Å². The summed E-state index contributed by atoms with van der Waals surface area (Å²) in [5, 5.41) is 28.8. The van der Waals surface area contributed by atoms with Crippen LogP contribution in [-0.2, 0) is 21.6 Å². The number of rotatable bonds is 9. The quantitative estimate of drug-likeness (QED) is 0.202. The molecule has 2 amide bonds. The highest BCUT2D eigenvalue weighted by molar-refractivity contribution is 6.31. The summed E-state index contributed by atoms with van der Waals surface area (Å²) in [6, 6.07) is 5.67. The molecule has 3 heterocycles. The number of aromatic nitrogens is 3. The zero-order valence-electron chi connectivity index (χ0n) is 24.0. The van der Waals surface area contributed by atoms with Crippen LogP contribution in [0.1, 0.15) is 41.4 Å². The summed E-state index contributed by atoms with van der Waals surface area (Å²) in [5.41, 5.74) is 1.68. The molecule has 0 spiro atoms. The fourth-order valence-corrected chi connectivity index (χ4v) is 5.36. The van der Waals surface area contributed by atoms with E-state index in [9.17, 15) is 28.6 Å². The van der Waals surface area contributed by atoms with Gasteiger partial charge >= 0.3 is 0 Å². The summed E-state index contributed by atoms with van der Waals surface area (Å²) in [5.74, 6) is -4.99. The largest absolute Gasteiger partial charge is 0.494 e. The van der Waals surface area contributed by atoms with Gasteiger partial charge in [-0.15, -0.1) is 0 Å². The van der Waals surface area contributed by atoms with Crippen molar-refractivity contribution < 1.29 is 42.4 Å². The van der Waals surface area contributed by atoms with Gasteiger partial charge in [0.2, 0.25) is 11.7 Å². The number of amides is 2. The number of carbonyl (C=O) groups is 2. The number of halogens is 4. The van der Waals surface area contributed by atoms with E-state index in [2.05, 4.69) is 15.4 Å². The summed E-state index contributed by atoms with van der Waals surface area (Å²) in [6.07, 6.45) is 2.11. The van der Waals surface area contributed by atoms with E-state index < -0.39 is 58.4 Å². The van der Waals surface area contributed by atoms with E-state index in [1.807, 2.05) is 0 Å². The minimum atomic E-state index is -2.29. The fraction of sp³-hybridized carbons (Fsp3) is 0.333. The number of nitrogens with two attached hydrogens (primary N) is 1. The van der Waals surface area contributed by atoms with E-state index in [-0.39, 0.29) is 46.2 Å². The van der Waals surface area contributed by atoms with Crippen molar-refractivity contribution in [1.29, 1.82) is 0 Å². The van der Waals surface area contributed by atoms with Gasteiger partial charge in [0.25, 0.3) is 5.91 Å². The second-order valence-corrected chi connectivity index (χ2v) is 11.9. The molecule has 45 heavy (non-hydrogen) atoms. The zero-order valence-corrected chi connectivity index (χ0v) is 24.7. The Hall–Kier alpha value is -4.40. The van der Waals surface area contributed by atoms with Crippen molar-refractivity contribution >= 4 is 34.3 Å². The number of hydrogen-bond donors (Lipinski definition) is 4. The van der Waals surface area contributed by atoms with E-state index in [1.54, 1.807) is 0 Å². The van der Waals surface area contributed by atoms with Crippen LogP contribution >= 0.6 is 11.6 Å². The van der Waals surface area contributed by atoms with Gasteiger partial charge in [-0.1, -0.05) is 11.6 Å². The number of aliphatic hydroxyl groups excluding tert-OH is 1. The van der Waals surface area contributed by atoms with E-state index >= 15 is 4.39 Å². The number of benzene rings is 2. The molecule has 2 atom stereocenters. The minimum absolute atomic E-state index is 0.0480. The molecule has 1 unspecified atom stereocenters. The van der Waals surface area contributed by atoms with Gasteiger partial charge in [-0.3, -0.25) is 9.59 Å². The molecule has 0 saturated heterocycles. The number of fused-ring (bicyclic) bond motifs is 2. The van der Waals surface area contributed by atoms with Gasteiger partial charge in [0.1, 0.15) is 52.0 Å². The first-order chi connectivity index (χ1) is 21.2. The number of methoxy groups -OCH3 is 1. The first-order valence-corrected chi connectivity index (χ1v) is 14.1. The maximum atomic E-state index is 15.0. The molecule has 2 aromatic heterocycles. The molecule has 4 aromatic rings. The van der Waals surface area contributed by atoms with Crippen molar-refractivity contribution in [2.24, 2.45) is 5.73 Å². The third-order valence-electron chi connectivity index (χ3n) is 8.29. The molecule has 6 rings (SSSR count). The SMILES string of the molecule is COc1cc(C(=O)NCC(O)(CO)c2cc3c(c(-c4cc(Cl)c(F)cc4F)n2)OC[C@]3(C)C(N)=O)cc2cn(C3(F)CC3)nc12. The number of hydrogen-bond acceptors (Lipinski definition) is 8. The number of nitrogens with one attached hydrogen (secondary N) is 1. The van der Waals surface area contributed by atoms with Crippen LogP contribution in [0.15, 0.2) is 36.5 Å². The van der Waals surface area contributed by atoms with Crippen LogP contribution < -0.4 is 20.5 Å². The minimum Gasteiger partial charge on any atom is -0.494 e. The Kier molecular flexibility index (Phi) is 7.21. The van der Waals surface area contributed by atoms with E-state index in [1.165, 1.54) is 43.1 Å². The summed E-state index contributed by atoms with van der Waals surface area (Å²) >= 11 is 5.92. The summed E-state index contributed by atoms with van der Waals surface area (Å²) in [7, 11) is 1.38. The molecule has 236 valence electrons. The lowest BCUT2D eigenvalue weighted by atomic mass is 9.82. The number of alkyl halides is 1. The summed E-state index contributed by atoms with van der Waals surface area (Å²) in [4.78, 5) is 30.1. The number of ether oxygens (including phenoxy) is 2. The molecule has 2 aliphatic rings. The number of primary amides is 1. The van der Waals surface area contributed by atoms with E-state index in [4.69, 9.17) is 26.8 Å². The molecule has 0 bridgehead atoms. The Morgan fingerprint density at radius 2 is 1.96 bits per heavy atom. The molecule has 1 fully saturated rings. The molecule has 11 nitrogen and oxygen atoms in total. The Morgan fingerprint density at radius 3 is 2.60 bits per heavy atom. The summed E-state index contributed by atoms with van der Waals surface area (Å²) < 4.78 is 55.9. The maximum absolute atomic E-state index is 15.0. The highest BCUT2D eigenvalue weighted by Gasteiger charge is 2.47. The zero-order chi connectivity index (χ0) is 32.5. The Labute approximate surface area is 258 Å². The Balaban J connectivity index is 1.37. The van der Waals surface area contributed by atoms with Gasteiger partial charge in [0.05, 0.1) is 31.0 Å². The molecule has 1 aliphatic carbocycles. The Morgan fingerprint density at radius 1 is 1.22 bits per heavy atom. The highest BCUT2D eigenvalue weighted by atomic mass is 35.5. The van der Waals surface area contributed by atoms with Gasteiger partial charge in [-0.25, -0.2) is 22.8 Å². The average Bonchev–Trinajstić information content (AvgIpc) is 3.45. The molecular formula is C30H27ClF3N5O6. The van der Waals surface area contributed by atoms with Crippen molar-refractivity contribution in [2.75, 3.05) is 26.9 Å². The first-order valence-electron chi connectivity index (χ1n) is 13.7. The lowest BCUT2D eigenvalue weighted by molar-refractivity contribution is -0.123. The number of aliphatic hydroxyl groups is 2. The number of pyridine rings is 1. The predicted molar refractivity (Wildman–Crippen MR) is 155 cm³/mol. The van der Waals surface area contributed by atoms with E-state index in [0.29, 0.717) is 29.8 Å². The molecule has 1 saturated carbocycles. The third kappa shape index (κ3) is 5.02. The van der Waals surface area contributed by atoms with Crippen LogP contribution in [0.25, 0.3) is 22.2 Å². The molecule has 0 radical (unpaired) electrons. The van der Waals surface area contributed by atoms with Crippen molar-refractivity contribution in [3.05, 3.63) is 70.0 Å². The van der Waals surface area contributed by atoms with Gasteiger partial charge in [-0.2, -0.15) is 5.10 Å². The van der Waals surface area contributed by atoms with Crippen molar-refractivity contribution in [3.8, 4) is 22.8 Å².